The van der Waals surface area contributed by atoms with Crippen LogP contribution in [0.2, 0.25) is 0 Å². The Hall–Kier alpha value is -1.14. The van der Waals surface area contributed by atoms with E-state index >= 15 is 0 Å². The van der Waals surface area contributed by atoms with Crippen LogP contribution in [0.3, 0.4) is 0 Å². The van der Waals surface area contributed by atoms with Crippen molar-refractivity contribution in [2.45, 2.75) is 24.3 Å². The summed E-state index contributed by atoms with van der Waals surface area (Å²) < 4.78 is 0.481. The molecule has 1 amide bonds. The van der Waals surface area contributed by atoms with E-state index in [4.69, 9.17) is 0 Å². The number of carboxylic acids is 1. The third-order valence-electron chi connectivity index (χ3n) is 4.77. The zero-order valence-corrected chi connectivity index (χ0v) is 15.4. The second-order valence-electron chi connectivity index (χ2n) is 6.51. The van der Waals surface area contributed by atoms with E-state index in [1.807, 2.05) is 42.6 Å². The molecule has 130 valence electrons. The van der Waals surface area contributed by atoms with Crippen molar-refractivity contribution in [2.75, 3.05) is 24.6 Å². The molecule has 0 radical (unpaired) electrons. The van der Waals surface area contributed by atoms with Crippen molar-refractivity contribution in [1.82, 2.24) is 4.90 Å². The Morgan fingerprint density at radius 1 is 1.17 bits per heavy atom. The van der Waals surface area contributed by atoms with E-state index in [9.17, 15) is 14.7 Å². The summed E-state index contributed by atoms with van der Waals surface area (Å²) in [5, 5.41) is 9.20. The molecule has 0 aliphatic carbocycles. The topological polar surface area (TPSA) is 57.6 Å². The average molecular weight is 366 g/mol. The molecule has 0 spiro atoms. The molecule has 24 heavy (non-hydrogen) atoms. The highest BCUT2D eigenvalue weighted by Crippen LogP contribution is 2.43. The smallest absolute Gasteiger partial charge is 0.306 e. The van der Waals surface area contributed by atoms with Gasteiger partial charge in [0, 0.05) is 18.7 Å². The van der Waals surface area contributed by atoms with E-state index in [1.54, 1.807) is 4.90 Å². The molecule has 1 aromatic rings. The molecule has 4 nitrogen and oxygen atoms in total. The fourth-order valence-corrected chi connectivity index (χ4v) is 6.24. The summed E-state index contributed by atoms with van der Waals surface area (Å²) in [6, 6.07) is 7.97. The lowest BCUT2D eigenvalue weighted by Gasteiger charge is -2.35. The van der Waals surface area contributed by atoms with Gasteiger partial charge in [0.05, 0.1) is 10.5 Å². The summed E-state index contributed by atoms with van der Waals surface area (Å²) in [6.07, 6.45) is 1.81. The minimum atomic E-state index is -0.749. The molecule has 2 aliphatic rings. The number of carboxylic acid groups (broad SMARTS) is 1. The summed E-state index contributed by atoms with van der Waals surface area (Å²) in [6.45, 7) is 2.96. The molecule has 6 heteroatoms. The molecule has 0 bridgehead atoms. The van der Waals surface area contributed by atoms with Gasteiger partial charge in [-0.25, -0.2) is 0 Å². The SMILES string of the molecule is CC1CN(C(=O)c2ccc(C3SCCCS3)cc2)CCC1C(=O)O. The van der Waals surface area contributed by atoms with E-state index in [1.165, 1.54) is 23.5 Å². The van der Waals surface area contributed by atoms with Crippen LogP contribution in [0.5, 0.6) is 0 Å². The zero-order chi connectivity index (χ0) is 17.1. The number of hydrogen-bond acceptors (Lipinski definition) is 4. The van der Waals surface area contributed by atoms with Crippen LogP contribution < -0.4 is 0 Å². The first-order valence-electron chi connectivity index (χ1n) is 8.41. The van der Waals surface area contributed by atoms with Gasteiger partial charge in [0.15, 0.2) is 0 Å². The van der Waals surface area contributed by atoms with Crippen molar-refractivity contribution >= 4 is 35.4 Å². The second kappa shape index (κ2) is 7.83. The zero-order valence-electron chi connectivity index (χ0n) is 13.8. The predicted molar refractivity (Wildman–Crippen MR) is 99.5 cm³/mol. The van der Waals surface area contributed by atoms with Gasteiger partial charge < -0.3 is 10.0 Å². The first kappa shape index (κ1) is 17.7. The molecule has 2 aliphatic heterocycles. The number of thioether (sulfide) groups is 2. The van der Waals surface area contributed by atoms with Crippen LogP contribution >= 0.6 is 23.5 Å². The van der Waals surface area contributed by atoms with E-state index in [2.05, 4.69) is 12.1 Å². The molecule has 2 fully saturated rings. The summed E-state index contributed by atoms with van der Waals surface area (Å²) in [7, 11) is 0. The van der Waals surface area contributed by atoms with Gasteiger partial charge in [-0.3, -0.25) is 9.59 Å². The number of amides is 1. The van der Waals surface area contributed by atoms with Crippen molar-refractivity contribution in [3.8, 4) is 0 Å². The van der Waals surface area contributed by atoms with Gasteiger partial charge in [0.2, 0.25) is 0 Å². The molecule has 1 aromatic carbocycles. The molecule has 2 heterocycles. The van der Waals surface area contributed by atoms with Gasteiger partial charge in [-0.15, -0.1) is 23.5 Å². The van der Waals surface area contributed by atoms with Crippen molar-refractivity contribution in [1.29, 1.82) is 0 Å². The molecule has 2 saturated heterocycles. The Kier molecular flexibility index (Phi) is 5.76. The van der Waals surface area contributed by atoms with Gasteiger partial charge in [0.25, 0.3) is 5.91 Å². The normalized spacial score (nSPS) is 25.5. The van der Waals surface area contributed by atoms with Crippen LogP contribution in [-0.4, -0.2) is 46.5 Å². The molecule has 3 rings (SSSR count). The number of carbonyl (C=O) groups is 2. The maximum atomic E-state index is 12.7. The highest BCUT2D eigenvalue weighted by atomic mass is 32.2. The molecular weight excluding hydrogens is 342 g/mol. The van der Waals surface area contributed by atoms with Gasteiger partial charge >= 0.3 is 5.97 Å². The maximum absolute atomic E-state index is 12.7. The molecule has 2 unspecified atom stereocenters. The van der Waals surface area contributed by atoms with Crippen LogP contribution in [0.4, 0.5) is 0 Å². The van der Waals surface area contributed by atoms with Crippen LogP contribution in [-0.2, 0) is 4.79 Å². The first-order chi connectivity index (χ1) is 11.6. The Morgan fingerprint density at radius 3 is 2.42 bits per heavy atom. The second-order valence-corrected chi connectivity index (χ2v) is 9.24. The third-order valence-corrected chi connectivity index (χ3v) is 7.78. The summed E-state index contributed by atoms with van der Waals surface area (Å²) in [5.74, 6) is 1.33. The van der Waals surface area contributed by atoms with Crippen LogP contribution in [0.25, 0.3) is 0 Å². The quantitative estimate of drug-likeness (QED) is 0.884. The number of likely N-dealkylation sites (tertiary alicyclic amines) is 1. The largest absolute Gasteiger partial charge is 0.481 e. The minimum absolute atomic E-state index is 0.00508. The van der Waals surface area contributed by atoms with Gasteiger partial charge in [-0.1, -0.05) is 19.1 Å². The molecule has 2 atom stereocenters. The van der Waals surface area contributed by atoms with E-state index in [0.29, 0.717) is 29.7 Å². The number of hydrogen-bond donors (Lipinski definition) is 1. The lowest BCUT2D eigenvalue weighted by molar-refractivity contribution is -0.145. The fourth-order valence-electron chi connectivity index (χ4n) is 3.34. The van der Waals surface area contributed by atoms with Gasteiger partial charge in [-0.05, 0) is 48.0 Å². The summed E-state index contributed by atoms with van der Waals surface area (Å²) >= 11 is 3.95. The minimum Gasteiger partial charge on any atom is -0.481 e. The molecule has 0 aromatic heterocycles. The third kappa shape index (κ3) is 3.91. The molecular formula is C18H23NO3S2. The monoisotopic (exact) mass is 365 g/mol. The molecule has 0 saturated carbocycles. The van der Waals surface area contributed by atoms with Crippen molar-refractivity contribution < 1.29 is 14.7 Å². The van der Waals surface area contributed by atoms with Crippen molar-refractivity contribution in [3.63, 3.8) is 0 Å². The number of piperidine rings is 1. The van der Waals surface area contributed by atoms with Crippen molar-refractivity contribution in [3.05, 3.63) is 35.4 Å². The Morgan fingerprint density at radius 2 is 1.83 bits per heavy atom. The number of benzene rings is 1. The van der Waals surface area contributed by atoms with Crippen LogP contribution in [0.1, 0.15) is 40.3 Å². The predicted octanol–water partition coefficient (Wildman–Crippen LogP) is 3.74. The maximum Gasteiger partial charge on any atom is 0.306 e. The average Bonchev–Trinajstić information content (AvgIpc) is 2.61. The number of aliphatic carboxylic acids is 1. The van der Waals surface area contributed by atoms with Crippen molar-refractivity contribution in [2.24, 2.45) is 11.8 Å². The summed E-state index contributed by atoms with van der Waals surface area (Å²) in [5.41, 5.74) is 1.98. The number of nitrogens with zero attached hydrogens (tertiary/aromatic N) is 1. The Labute approximate surface area is 151 Å². The van der Waals surface area contributed by atoms with Crippen LogP contribution in [0.15, 0.2) is 24.3 Å². The summed E-state index contributed by atoms with van der Waals surface area (Å²) in [4.78, 5) is 25.7. The number of carbonyl (C=O) groups excluding carboxylic acids is 1. The lowest BCUT2D eigenvalue weighted by atomic mass is 9.87. The Balaban J connectivity index is 1.64. The first-order valence-corrected chi connectivity index (χ1v) is 10.5. The Bertz CT molecular complexity index is 599. The van der Waals surface area contributed by atoms with Crippen LogP contribution in [0, 0.1) is 11.8 Å². The lowest BCUT2D eigenvalue weighted by Crippen LogP contribution is -2.45. The highest BCUT2D eigenvalue weighted by molar-refractivity contribution is 8.16. The van der Waals surface area contributed by atoms with E-state index in [0.717, 1.165) is 0 Å². The van der Waals surface area contributed by atoms with E-state index in [-0.39, 0.29) is 17.7 Å². The van der Waals surface area contributed by atoms with E-state index < -0.39 is 5.97 Å². The standard InChI is InChI=1S/C18H23NO3S2/c1-12-11-19(8-7-15(12)17(21)22)16(20)13-3-5-14(6-4-13)18-23-9-2-10-24-18/h3-6,12,15,18H,2,7-11H2,1H3,(H,21,22). The number of rotatable bonds is 3. The molecule has 1 N–H and O–H groups in total. The highest BCUT2D eigenvalue weighted by Gasteiger charge is 2.33. The van der Waals surface area contributed by atoms with Gasteiger partial charge in [-0.2, -0.15) is 0 Å². The fraction of sp³-hybridized carbons (Fsp3) is 0.556. The van der Waals surface area contributed by atoms with Gasteiger partial charge in [0.1, 0.15) is 0 Å².